The second-order valence-electron chi connectivity index (χ2n) is 4.05. The van der Waals surface area contributed by atoms with E-state index in [0.29, 0.717) is 0 Å². The second-order valence-corrected chi connectivity index (χ2v) is 6.31. The van der Waals surface area contributed by atoms with E-state index in [2.05, 4.69) is 0 Å². The van der Waals surface area contributed by atoms with Gasteiger partial charge in [0.2, 0.25) is 0 Å². The zero-order valence-corrected chi connectivity index (χ0v) is 13.6. The van der Waals surface area contributed by atoms with E-state index in [1.807, 2.05) is 0 Å². The summed E-state index contributed by atoms with van der Waals surface area (Å²) in [4.78, 5) is 32.3. The number of esters is 2. The smallest absolute Gasteiger partial charge is 0.327 e. The molecule has 0 radical (unpaired) electrons. The molecule has 0 amide bonds. The highest BCUT2D eigenvalue weighted by molar-refractivity contribution is 6.56. The van der Waals surface area contributed by atoms with Gasteiger partial charge in [0, 0.05) is 12.8 Å². The van der Waals surface area contributed by atoms with Crippen molar-refractivity contribution >= 4 is 53.0 Å². The lowest BCUT2D eigenvalue weighted by Gasteiger charge is -2.28. The number of hydrogen-bond donors (Lipinski definition) is 0. The molecule has 0 aliphatic heterocycles. The number of aldehydes is 1. The molecule has 0 heterocycles. The highest BCUT2D eigenvalue weighted by Crippen LogP contribution is 2.37. The molecule has 5 nitrogen and oxygen atoms in total. The zero-order chi connectivity index (χ0) is 15.8. The Labute approximate surface area is 132 Å². The van der Waals surface area contributed by atoms with Gasteiger partial charge in [-0.2, -0.15) is 0 Å². The first kappa shape index (κ1) is 19.5. The molecule has 0 saturated heterocycles. The summed E-state index contributed by atoms with van der Waals surface area (Å²) in [6, 6.07) is 0. The number of halogens is 3. The largest absolute Gasteiger partial charge is 0.466 e. The number of carbonyl (C=O) groups is 3. The first-order chi connectivity index (χ1) is 9.20. The molecule has 0 bridgehead atoms. The van der Waals surface area contributed by atoms with Crippen LogP contribution in [0.15, 0.2) is 0 Å². The Hall–Kier alpha value is -0.520. The SMILES string of the molecule is CCOC(=O)CCC(Cl)(CC(Cl)(Cl)C=O)C(=O)OCC. The molecule has 0 spiro atoms. The second kappa shape index (κ2) is 8.70. The lowest BCUT2D eigenvalue weighted by atomic mass is 9.96. The van der Waals surface area contributed by atoms with E-state index >= 15 is 0 Å². The molecule has 0 saturated carbocycles. The first-order valence-electron chi connectivity index (χ1n) is 6.06. The van der Waals surface area contributed by atoms with E-state index < -0.39 is 21.1 Å². The molecular weight excluding hydrogens is 330 g/mol. The molecule has 1 atom stereocenters. The van der Waals surface area contributed by atoms with Gasteiger partial charge in [-0.05, 0) is 20.3 Å². The van der Waals surface area contributed by atoms with Gasteiger partial charge in [0.05, 0.1) is 13.2 Å². The molecule has 0 aliphatic rings. The molecule has 0 N–H and O–H groups in total. The summed E-state index contributed by atoms with van der Waals surface area (Å²) >= 11 is 17.6. The normalized spacial score (nSPS) is 14.2. The summed E-state index contributed by atoms with van der Waals surface area (Å²) in [7, 11) is 0. The van der Waals surface area contributed by atoms with E-state index in [4.69, 9.17) is 44.3 Å². The summed E-state index contributed by atoms with van der Waals surface area (Å²) in [5, 5.41) is 0. The Morgan fingerprint density at radius 1 is 1.10 bits per heavy atom. The van der Waals surface area contributed by atoms with Gasteiger partial charge < -0.3 is 14.3 Å². The predicted octanol–water partition coefficient (Wildman–Crippen LogP) is 2.63. The molecule has 0 aliphatic carbocycles. The molecule has 0 aromatic rings. The topological polar surface area (TPSA) is 69.7 Å². The van der Waals surface area contributed by atoms with Crippen LogP contribution in [0, 0.1) is 0 Å². The van der Waals surface area contributed by atoms with Gasteiger partial charge in [-0.15, -0.1) is 11.6 Å². The summed E-state index contributed by atoms with van der Waals surface area (Å²) < 4.78 is 7.75. The third-order valence-electron chi connectivity index (χ3n) is 2.36. The summed E-state index contributed by atoms with van der Waals surface area (Å²) in [5.41, 5.74) is 0. The van der Waals surface area contributed by atoms with E-state index in [9.17, 15) is 14.4 Å². The molecule has 20 heavy (non-hydrogen) atoms. The fourth-order valence-electron chi connectivity index (χ4n) is 1.47. The number of carbonyl (C=O) groups excluding carboxylic acids is 3. The Morgan fingerprint density at radius 2 is 1.65 bits per heavy atom. The maximum Gasteiger partial charge on any atom is 0.327 e. The minimum Gasteiger partial charge on any atom is -0.466 e. The Balaban J connectivity index is 4.91. The minimum atomic E-state index is -1.83. The highest BCUT2D eigenvalue weighted by Gasteiger charge is 2.45. The van der Waals surface area contributed by atoms with Crippen molar-refractivity contribution in [1.82, 2.24) is 0 Å². The summed E-state index contributed by atoms with van der Waals surface area (Å²) in [6.45, 7) is 3.59. The van der Waals surface area contributed by atoms with Crippen LogP contribution in [-0.2, 0) is 23.9 Å². The van der Waals surface area contributed by atoms with Crippen LogP contribution < -0.4 is 0 Å². The Bertz CT molecular complexity index is 359. The van der Waals surface area contributed by atoms with Crippen LogP contribution in [0.2, 0.25) is 0 Å². The quantitative estimate of drug-likeness (QED) is 0.364. The van der Waals surface area contributed by atoms with Crippen LogP contribution in [0.1, 0.15) is 33.1 Å². The monoisotopic (exact) mass is 346 g/mol. The number of alkyl halides is 3. The molecule has 116 valence electrons. The van der Waals surface area contributed by atoms with Gasteiger partial charge in [0.25, 0.3) is 0 Å². The van der Waals surface area contributed by atoms with E-state index in [-0.39, 0.29) is 38.8 Å². The minimum absolute atomic E-state index is 0.0960. The zero-order valence-electron chi connectivity index (χ0n) is 11.3. The fourth-order valence-corrected chi connectivity index (χ4v) is 2.42. The average molecular weight is 348 g/mol. The lowest BCUT2D eigenvalue weighted by molar-refractivity contribution is -0.148. The van der Waals surface area contributed by atoms with Crippen molar-refractivity contribution in [3.05, 3.63) is 0 Å². The van der Waals surface area contributed by atoms with Gasteiger partial charge in [0.1, 0.15) is 4.87 Å². The van der Waals surface area contributed by atoms with Gasteiger partial charge >= 0.3 is 11.9 Å². The third kappa shape index (κ3) is 6.77. The Kier molecular flexibility index (Phi) is 8.47. The summed E-state index contributed by atoms with van der Waals surface area (Å²) in [6.07, 6.45) is -0.302. The van der Waals surface area contributed by atoms with Crippen molar-refractivity contribution in [3.8, 4) is 0 Å². The molecule has 8 heteroatoms. The average Bonchev–Trinajstić information content (AvgIpc) is 2.36. The maximum atomic E-state index is 11.9. The first-order valence-corrected chi connectivity index (χ1v) is 7.20. The van der Waals surface area contributed by atoms with Gasteiger partial charge in [-0.3, -0.25) is 9.59 Å². The van der Waals surface area contributed by atoms with Crippen LogP contribution in [-0.4, -0.2) is 40.6 Å². The van der Waals surface area contributed by atoms with Gasteiger partial charge in [-0.25, -0.2) is 0 Å². The molecule has 0 aromatic carbocycles. The van der Waals surface area contributed by atoms with Crippen LogP contribution in [0.3, 0.4) is 0 Å². The highest BCUT2D eigenvalue weighted by atomic mass is 35.5. The molecule has 0 rings (SSSR count). The van der Waals surface area contributed by atoms with Crippen LogP contribution in [0.4, 0.5) is 0 Å². The number of hydrogen-bond acceptors (Lipinski definition) is 5. The lowest BCUT2D eigenvalue weighted by Crippen LogP contribution is -2.40. The van der Waals surface area contributed by atoms with Crippen molar-refractivity contribution in [1.29, 1.82) is 0 Å². The van der Waals surface area contributed by atoms with Crippen molar-refractivity contribution in [2.75, 3.05) is 13.2 Å². The maximum absolute atomic E-state index is 11.9. The Morgan fingerprint density at radius 3 is 2.10 bits per heavy atom. The van der Waals surface area contributed by atoms with Crippen LogP contribution in [0.25, 0.3) is 0 Å². The van der Waals surface area contributed by atoms with Crippen molar-refractivity contribution in [2.45, 2.75) is 42.3 Å². The van der Waals surface area contributed by atoms with Crippen molar-refractivity contribution in [3.63, 3.8) is 0 Å². The number of rotatable bonds is 9. The molecule has 0 aromatic heterocycles. The van der Waals surface area contributed by atoms with E-state index in [0.717, 1.165) is 0 Å². The number of ether oxygens (including phenoxy) is 2. The van der Waals surface area contributed by atoms with Crippen LogP contribution in [0.5, 0.6) is 0 Å². The van der Waals surface area contributed by atoms with Gasteiger partial charge in [-0.1, -0.05) is 23.2 Å². The molecule has 1 unspecified atom stereocenters. The summed E-state index contributed by atoms with van der Waals surface area (Å²) in [5.74, 6) is -1.29. The standard InChI is InChI=1S/C12H17Cl3O5/c1-3-19-9(17)5-6-11(13,10(18)20-4-2)7-12(14,15)8-16/h8H,3-7H2,1-2H3. The molecule has 0 fully saturated rings. The van der Waals surface area contributed by atoms with Crippen molar-refractivity contribution < 1.29 is 23.9 Å². The fraction of sp³-hybridized carbons (Fsp3) is 0.750. The van der Waals surface area contributed by atoms with E-state index in [1.54, 1.807) is 13.8 Å². The predicted molar refractivity (Wildman–Crippen MR) is 76.2 cm³/mol. The van der Waals surface area contributed by atoms with E-state index in [1.165, 1.54) is 0 Å². The molecular formula is C12H17Cl3O5. The van der Waals surface area contributed by atoms with Gasteiger partial charge in [0.15, 0.2) is 10.6 Å². The van der Waals surface area contributed by atoms with Crippen LogP contribution >= 0.6 is 34.8 Å². The third-order valence-corrected chi connectivity index (χ3v) is 3.28. The van der Waals surface area contributed by atoms with Crippen molar-refractivity contribution in [2.24, 2.45) is 0 Å².